The highest BCUT2D eigenvalue weighted by atomic mass is 32.2. The monoisotopic (exact) mass is 481 g/mol. The SMILES string of the molecule is CCOc1ccc(C(=O)CSc2nc3c(sc4ncccc43)c(=O)n2C[C@@H]2CCCO2)cc1. The fraction of sp³-hybridized carbons (Fsp3) is 0.333. The van der Waals surface area contributed by atoms with Crippen molar-refractivity contribution in [2.45, 2.75) is 37.6 Å². The minimum Gasteiger partial charge on any atom is -0.494 e. The van der Waals surface area contributed by atoms with Gasteiger partial charge in [0.15, 0.2) is 10.9 Å². The largest absolute Gasteiger partial charge is 0.494 e. The zero-order valence-electron chi connectivity index (χ0n) is 18.2. The fourth-order valence-corrected chi connectivity index (χ4v) is 5.85. The lowest BCUT2D eigenvalue weighted by molar-refractivity contribution is 0.0938. The van der Waals surface area contributed by atoms with Gasteiger partial charge in [-0.1, -0.05) is 11.8 Å². The van der Waals surface area contributed by atoms with Gasteiger partial charge in [-0.15, -0.1) is 11.3 Å². The first-order valence-electron chi connectivity index (χ1n) is 10.9. The highest BCUT2D eigenvalue weighted by Gasteiger charge is 2.22. The maximum atomic E-state index is 13.5. The van der Waals surface area contributed by atoms with Crippen molar-refractivity contribution in [3.8, 4) is 5.75 Å². The van der Waals surface area contributed by atoms with Crippen LogP contribution in [0.5, 0.6) is 5.75 Å². The molecule has 1 atom stereocenters. The molecule has 9 heteroatoms. The standard InChI is InChI=1S/C24H23N3O4S2/c1-2-30-16-9-7-15(8-10-16)19(28)14-32-24-26-20-18-6-3-11-25-22(18)33-21(20)23(29)27(24)13-17-5-4-12-31-17/h3,6-11,17H,2,4-5,12-14H2,1H3/t17-/m0/s1. The summed E-state index contributed by atoms with van der Waals surface area (Å²) in [5.74, 6) is 0.882. The summed E-state index contributed by atoms with van der Waals surface area (Å²) < 4.78 is 13.5. The third kappa shape index (κ3) is 4.53. The second-order valence-corrected chi connectivity index (χ2v) is 9.69. The molecule has 0 saturated carbocycles. The number of ether oxygens (including phenoxy) is 2. The topological polar surface area (TPSA) is 83.3 Å². The molecule has 1 aromatic carbocycles. The molecule has 3 aromatic heterocycles. The second-order valence-electron chi connectivity index (χ2n) is 7.75. The number of nitrogens with zero attached hydrogens (tertiary/aromatic N) is 3. The summed E-state index contributed by atoms with van der Waals surface area (Å²) in [6.45, 7) is 3.64. The Morgan fingerprint density at radius 1 is 1.30 bits per heavy atom. The number of pyridine rings is 1. The predicted octanol–water partition coefficient (Wildman–Crippen LogP) is 4.56. The normalized spacial score (nSPS) is 16.0. The van der Waals surface area contributed by atoms with Crippen LogP contribution in [0.15, 0.2) is 52.5 Å². The summed E-state index contributed by atoms with van der Waals surface area (Å²) in [5, 5.41) is 1.39. The Morgan fingerprint density at radius 3 is 2.91 bits per heavy atom. The van der Waals surface area contributed by atoms with Gasteiger partial charge < -0.3 is 9.47 Å². The van der Waals surface area contributed by atoms with E-state index in [1.165, 1.54) is 23.1 Å². The fourth-order valence-electron chi connectivity index (χ4n) is 3.92. The quantitative estimate of drug-likeness (QED) is 0.207. The lowest BCUT2D eigenvalue weighted by Crippen LogP contribution is -2.28. The molecule has 0 spiro atoms. The van der Waals surface area contributed by atoms with E-state index in [2.05, 4.69) is 4.98 Å². The molecule has 0 bridgehead atoms. The van der Waals surface area contributed by atoms with E-state index in [-0.39, 0.29) is 23.2 Å². The summed E-state index contributed by atoms with van der Waals surface area (Å²) >= 11 is 2.65. The molecule has 7 nitrogen and oxygen atoms in total. The first-order valence-corrected chi connectivity index (χ1v) is 12.7. The van der Waals surface area contributed by atoms with E-state index in [9.17, 15) is 9.59 Å². The summed E-state index contributed by atoms with van der Waals surface area (Å²) in [6, 6.07) is 10.9. The Balaban J connectivity index is 1.47. The predicted molar refractivity (Wildman–Crippen MR) is 131 cm³/mol. The van der Waals surface area contributed by atoms with Crippen LogP contribution in [0.3, 0.4) is 0 Å². The molecule has 1 aliphatic heterocycles. The van der Waals surface area contributed by atoms with Gasteiger partial charge in [-0.05, 0) is 56.2 Å². The van der Waals surface area contributed by atoms with Crippen LogP contribution in [0, 0.1) is 0 Å². The molecule has 0 N–H and O–H groups in total. The summed E-state index contributed by atoms with van der Waals surface area (Å²) in [4.78, 5) is 36.3. The maximum Gasteiger partial charge on any atom is 0.272 e. The van der Waals surface area contributed by atoms with E-state index < -0.39 is 0 Å². The molecule has 0 radical (unpaired) electrons. The maximum absolute atomic E-state index is 13.5. The summed E-state index contributed by atoms with van der Waals surface area (Å²) in [7, 11) is 0. The van der Waals surface area contributed by atoms with Crippen LogP contribution in [0.4, 0.5) is 0 Å². The summed E-state index contributed by atoms with van der Waals surface area (Å²) in [5.41, 5.74) is 1.15. The number of thioether (sulfide) groups is 1. The number of carbonyl (C=O) groups is 1. The molecule has 33 heavy (non-hydrogen) atoms. The first-order chi connectivity index (χ1) is 16.1. The Bertz CT molecular complexity index is 1360. The molecule has 1 saturated heterocycles. The number of ketones is 1. The Morgan fingerprint density at radius 2 is 2.15 bits per heavy atom. The van der Waals surface area contributed by atoms with Gasteiger partial charge in [0, 0.05) is 23.8 Å². The third-order valence-electron chi connectivity index (χ3n) is 5.55. The number of benzene rings is 1. The number of thiophene rings is 1. The van der Waals surface area contributed by atoms with Gasteiger partial charge in [0.05, 0.1) is 30.5 Å². The van der Waals surface area contributed by atoms with Gasteiger partial charge in [0.1, 0.15) is 15.3 Å². The number of rotatable bonds is 8. The van der Waals surface area contributed by atoms with Crippen LogP contribution in [0.25, 0.3) is 20.4 Å². The third-order valence-corrected chi connectivity index (χ3v) is 7.61. The molecule has 5 rings (SSSR count). The molecule has 1 fully saturated rings. The molecule has 0 unspecified atom stereocenters. The van der Waals surface area contributed by atoms with Crippen molar-refractivity contribution in [1.82, 2.24) is 14.5 Å². The Labute approximate surface area is 198 Å². The smallest absolute Gasteiger partial charge is 0.272 e. The van der Waals surface area contributed by atoms with Crippen LogP contribution in [0.1, 0.15) is 30.1 Å². The van der Waals surface area contributed by atoms with Crippen LogP contribution in [0.2, 0.25) is 0 Å². The molecule has 170 valence electrons. The molecule has 4 heterocycles. The minimum atomic E-state index is -0.102. The highest BCUT2D eigenvalue weighted by Crippen LogP contribution is 2.31. The molecule has 1 aliphatic rings. The number of hydrogen-bond donors (Lipinski definition) is 0. The Hall–Kier alpha value is -2.75. The zero-order chi connectivity index (χ0) is 22.8. The van der Waals surface area contributed by atoms with Gasteiger partial charge in [-0.2, -0.15) is 0 Å². The van der Waals surface area contributed by atoms with Crippen molar-refractivity contribution >= 4 is 49.3 Å². The van der Waals surface area contributed by atoms with Crippen molar-refractivity contribution < 1.29 is 14.3 Å². The second kappa shape index (κ2) is 9.62. The lowest BCUT2D eigenvalue weighted by atomic mass is 10.1. The summed E-state index contributed by atoms with van der Waals surface area (Å²) in [6.07, 6.45) is 3.60. The van der Waals surface area contributed by atoms with Crippen molar-refractivity contribution in [3.63, 3.8) is 0 Å². The van der Waals surface area contributed by atoms with Gasteiger partial charge in [0.2, 0.25) is 0 Å². The number of aromatic nitrogens is 3. The highest BCUT2D eigenvalue weighted by molar-refractivity contribution is 7.99. The van der Waals surface area contributed by atoms with Crippen molar-refractivity contribution in [2.24, 2.45) is 0 Å². The molecular weight excluding hydrogens is 458 g/mol. The van der Waals surface area contributed by atoms with Crippen molar-refractivity contribution in [2.75, 3.05) is 19.0 Å². The van der Waals surface area contributed by atoms with E-state index in [0.29, 0.717) is 40.7 Å². The molecule has 0 amide bonds. The van der Waals surface area contributed by atoms with Gasteiger partial charge in [-0.25, -0.2) is 9.97 Å². The molecule has 4 aromatic rings. The van der Waals surface area contributed by atoms with Gasteiger partial charge in [0.25, 0.3) is 5.56 Å². The van der Waals surface area contributed by atoms with Gasteiger partial charge >= 0.3 is 0 Å². The van der Waals surface area contributed by atoms with E-state index >= 15 is 0 Å². The molecule has 0 aliphatic carbocycles. The number of Topliss-reactive ketones (excluding diaryl/α,β-unsaturated/α-hetero) is 1. The van der Waals surface area contributed by atoms with E-state index in [4.69, 9.17) is 14.5 Å². The number of carbonyl (C=O) groups excluding carboxylic acids is 1. The Kier molecular flexibility index (Phi) is 6.43. The number of fused-ring (bicyclic) bond motifs is 3. The van der Waals surface area contributed by atoms with Gasteiger partial charge in [-0.3, -0.25) is 14.2 Å². The van der Waals surface area contributed by atoms with Crippen LogP contribution < -0.4 is 10.3 Å². The average Bonchev–Trinajstić information content (AvgIpc) is 3.48. The van der Waals surface area contributed by atoms with E-state index in [1.807, 2.05) is 19.1 Å². The van der Waals surface area contributed by atoms with E-state index in [1.54, 1.807) is 35.0 Å². The van der Waals surface area contributed by atoms with Crippen molar-refractivity contribution in [1.29, 1.82) is 0 Å². The first kappa shape index (κ1) is 22.1. The average molecular weight is 482 g/mol. The zero-order valence-corrected chi connectivity index (χ0v) is 19.8. The van der Waals surface area contributed by atoms with E-state index in [0.717, 1.165) is 28.8 Å². The van der Waals surface area contributed by atoms with Crippen molar-refractivity contribution in [3.05, 3.63) is 58.5 Å². The van der Waals surface area contributed by atoms with Crippen LogP contribution in [-0.4, -0.2) is 45.4 Å². The minimum absolute atomic E-state index is 0.0179. The molecular formula is C24H23N3O4S2. The van der Waals surface area contributed by atoms with Crippen LogP contribution in [-0.2, 0) is 11.3 Å². The number of hydrogen-bond acceptors (Lipinski definition) is 8. The van der Waals surface area contributed by atoms with Crippen LogP contribution >= 0.6 is 23.1 Å². The lowest BCUT2D eigenvalue weighted by Gasteiger charge is -2.15.